The molecule has 6 nitrogen and oxygen atoms in total. The molecule has 1 saturated heterocycles. The smallest absolute Gasteiger partial charge is 0.264 e. The molecule has 0 radical (unpaired) electrons. The van der Waals surface area contributed by atoms with Gasteiger partial charge < -0.3 is 0 Å². The van der Waals surface area contributed by atoms with E-state index in [4.69, 9.17) is 0 Å². The molecule has 0 bridgehead atoms. The molecule has 2 aromatic carbocycles. The van der Waals surface area contributed by atoms with Crippen LogP contribution in [0.25, 0.3) is 0 Å². The molecule has 0 unspecified atom stereocenters. The molecule has 2 aliphatic rings. The number of nitrogens with zero attached hydrogens (tertiary/aromatic N) is 2. The van der Waals surface area contributed by atoms with E-state index in [0.29, 0.717) is 23.4 Å². The van der Waals surface area contributed by atoms with E-state index in [1.807, 2.05) is 32.0 Å². The van der Waals surface area contributed by atoms with E-state index in [1.165, 1.54) is 9.21 Å². The van der Waals surface area contributed by atoms with E-state index < -0.39 is 10.0 Å². The molecule has 0 N–H and O–H groups in total. The van der Waals surface area contributed by atoms with Crippen LogP contribution in [0.15, 0.2) is 47.4 Å². The fourth-order valence-electron chi connectivity index (χ4n) is 4.98. The molecule has 1 aliphatic carbocycles. The van der Waals surface area contributed by atoms with Crippen molar-refractivity contribution in [2.24, 2.45) is 11.8 Å². The topological polar surface area (TPSA) is 74.8 Å². The van der Waals surface area contributed by atoms with Gasteiger partial charge in [0.15, 0.2) is 0 Å². The SMILES string of the molecule is CCN(c1cccc(C)c1)S(=O)(=O)c1cc(CN2C(=O)[C@H]3CCCC[C@H]3C2=O)ccc1C. The number of rotatable bonds is 6. The number of carbonyl (C=O) groups is 2. The Morgan fingerprint density at radius 2 is 1.62 bits per heavy atom. The average molecular weight is 455 g/mol. The summed E-state index contributed by atoms with van der Waals surface area (Å²) in [7, 11) is -3.81. The van der Waals surface area contributed by atoms with Crippen molar-refractivity contribution in [2.75, 3.05) is 10.8 Å². The lowest BCUT2D eigenvalue weighted by atomic mass is 9.81. The Balaban J connectivity index is 1.65. The molecule has 1 heterocycles. The van der Waals surface area contributed by atoms with Crippen LogP contribution in [0.2, 0.25) is 0 Å². The largest absolute Gasteiger partial charge is 0.278 e. The zero-order valence-corrected chi connectivity index (χ0v) is 19.7. The second kappa shape index (κ2) is 8.70. The quantitative estimate of drug-likeness (QED) is 0.614. The van der Waals surface area contributed by atoms with Crippen LogP contribution in [0.4, 0.5) is 5.69 Å². The van der Waals surface area contributed by atoms with Crippen molar-refractivity contribution in [3.05, 3.63) is 59.2 Å². The second-order valence-corrected chi connectivity index (χ2v) is 10.7. The first-order chi connectivity index (χ1) is 15.2. The Labute approximate surface area is 190 Å². The fraction of sp³-hybridized carbons (Fsp3) is 0.440. The number of carbonyl (C=O) groups excluding carboxylic acids is 2. The van der Waals surface area contributed by atoms with Crippen LogP contribution < -0.4 is 4.31 Å². The molecule has 170 valence electrons. The minimum atomic E-state index is -3.81. The predicted octanol–water partition coefficient (Wildman–Crippen LogP) is 4.19. The number of sulfonamides is 1. The van der Waals surface area contributed by atoms with Crippen LogP contribution in [0.3, 0.4) is 0 Å². The van der Waals surface area contributed by atoms with Crippen molar-refractivity contribution in [2.45, 2.75) is 57.9 Å². The van der Waals surface area contributed by atoms with Gasteiger partial charge in [-0.05, 0) is 68.5 Å². The van der Waals surface area contributed by atoms with Crippen LogP contribution in [0.5, 0.6) is 0 Å². The molecule has 32 heavy (non-hydrogen) atoms. The van der Waals surface area contributed by atoms with Crippen LogP contribution >= 0.6 is 0 Å². The average Bonchev–Trinajstić information content (AvgIpc) is 3.00. The van der Waals surface area contributed by atoms with Crippen molar-refractivity contribution in [3.8, 4) is 0 Å². The zero-order chi connectivity index (χ0) is 23.0. The van der Waals surface area contributed by atoms with Crippen LogP contribution in [0.1, 0.15) is 49.3 Å². The third-order valence-electron chi connectivity index (χ3n) is 6.67. The molecule has 0 spiro atoms. The molecular formula is C25H30N2O4S. The van der Waals surface area contributed by atoms with Gasteiger partial charge in [0.05, 0.1) is 29.0 Å². The first-order valence-electron chi connectivity index (χ1n) is 11.3. The number of likely N-dealkylation sites (tertiary alicyclic amines) is 1. The first kappa shape index (κ1) is 22.5. The minimum absolute atomic E-state index is 0.111. The number of amides is 2. The molecule has 4 rings (SSSR count). The summed E-state index contributed by atoms with van der Waals surface area (Å²) in [5.41, 5.74) is 2.88. The Bertz CT molecular complexity index is 1130. The van der Waals surface area contributed by atoms with Crippen LogP contribution in [0, 0.1) is 25.7 Å². The number of anilines is 1. The lowest BCUT2D eigenvalue weighted by molar-refractivity contribution is -0.140. The van der Waals surface area contributed by atoms with Crippen LogP contribution in [-0.2, 0) is 26.2 Å². The third-order valence-corrected chi connectivity index (χ3v) is 8.72. The summed E-state index contributed by atoms with van der Waals surface area (Å²) in [4.78, 5) is 27.2. The van der Waals surface area contributed by atoms with Crippen LogP contribution in [-0.4, -0.2) is 31.7 Å². The van der Waals surface area contributed by atoms with Crippen molar-refractivity contribution in [1.29, 1.82) is 0 Å². The number of imide groups is 1. The summed E-state index contributed by atoms with van der Waals surface area (Å²) in [6.45, 7) is 5.91. The van der Waals surface area contributed by atoms with Gasteiger partial charge in [-0.25, -0.2) is 8.42 Å². The normalized spacial score (nSPS) is 21.0. The molecule has 2 atom stereocenters. The van der Waals surface area contributed by atoms with E-state index in [0.717, 1.165) is 31.2 Å². The Kier molecular flexibility index (Phi) is 6.12. The number of hydrogen-bond donors (Lipinski definition) is 0. The lowest BCUT2D eigenvalue weighted by Gasteiger charge is -2.25. The Morgan fingerprint density at radius 3 is 2.22 bits per heavy atom. The maximum absolute atomic E-state index is 13.6. The maximum Gasteiger partial charge on any atom is 0.264 e. The third kappa shape index (κ3) is 3.94. The molecule has 2 aromatic rings. The van der Waals surface area contributed by atoms with Gasteiger partial charge in [-0.15, -0.1) is 0 Å². The Hall–Kier alpha value is -2.67. The molecule has 0 aromatic heterocycles. The van der Waals surface area contributed by atoms with E-state index in [2.05, 4.69) is 0 Å². The summed E-state index contributed by atoms with van der Waals surface area (Å²) in [6, 6.07) is 12.6. The van der Waals surface area contributed by atoms with Crippen molar-refractivity contribution < 1.29 is 18.0 Å². The Morgan fingerprint density at radius 1 is 0.969 bits per heavy atom. The van der Waals surface area contributed by atoms with E-state index in [1.54, 1.807) is 31.2 Å². The van der Waals surface area contributed by atoms with Crippen molar-refractivity contribution >= 4 is 27.5 Å². The molecule has 1 saturated carbocycles. The summed E-state index contributed by atoms with van der Waals surface area (Å²) >= 11 is 0. The number of benzene rings is 2. The molecule has 1 aliphatic heterocycles. The minimum Gasteiger partial charge on any atom is -0.278 e. The van der Waals surface area contributed by atoms with E-state index in [9.17, 15) is 18.0 Å². The number of aryl methyl sites for hydroxylation is 2. The number of fused-ring (bicyclic) bond motifs is 1. The zero-order valence-electron chi connectivity index (χ0n) is 18.9. The summed E-state index contributed by atoms with van der Waals surface area (Å²) in [5, 5.41) is 0. The van der Waals surface area contributed by atoms with Crippen molar-refractivity contribution in [1.82, 2.24) is 4.90 Å². The van der Waals surface area contributed by atoms with Gasteiger partial charge >= 0.3 is 0 Å². The van der Waals surface area contributed by atoms with Gasteiger partial charge in [0.25, 0.3) is 10.0 Å². The van der Waals surface area contributed by atoms with Gasteiger partial charge in [0.2, 0.25) is 11.8 Å². The van der Waals surface area contributed by atoms with Gasteiger partial charge in [0, 0.05) is 6.54 Å². The van der Waals surface area contributed by atoms with E-state index in [-0.39, 0.29) is 35.1 Å². The fourth-order valence-corrected chi connectivity index (χ4v) is 6.73. The highest BCUT2D eigenvalue weighted by Gasteiger charge is 2.47. The van der Waals surface area contributed by atoms with Crippen molar-refractivity contribution in [3.63, 3.8) is 0 Å². The van der Waals surface area contributed by atoms with Gasteiger partial charge in [-0.1, -0.05) is 37.1 Å². The highest BCUT2D eigenvalue weighted by Crippen LogP contribution is 2.39. The van der Waals surface area contributed by atoms with Gasteiger partial charge in [-0.3, -0.25) is 18.8 Å². The maximum atomic E-state index is 13.6. The summed E-state index contributed by atoms with van der Waals surface area (Å²) < 4.78 is 28.6. The van der Waals surface area contributed by atoms with Gasteiger partial charge in [0.1, 0.15) is 0 Å². The second-order valence-electron chi connectivity index (χ2n) is 8.87. The van der Waals surface area contributed by atoms with Gasteiger partial charge in [-0.2, -0.15) is 0 Å². The standard InChI is InChI=1S/C25H30N2O4S/c1-4-27(20-9-7-8-17(2)14-20)32(30,31)23-15-19(13-12-18(23)3)16-26-24(28)21-10-5-6-11-22(21)25(26)29/h7-9,12-15,21-22H,4-6,10-11,16H2,1-3H3/t21-,22+. The lowest BCUT2D eigenvalue weighted by Crippen LogP contribution is -2.32. The molecule has 2 fully saturated rings. The highest BCUT2D eigenvalue weighted by molar-refractivity contribution is 7.92. The highest BCUT2D eigenvalue weighted by atomic mass is 32.2. The summed E-state index contributed by atoms with van der Waals surface area (Å²) in [5.74, 6) is -0.636. The monoisotopic (exact) mass is 454 g/mol. The predicted molar refractivity (Wildman–Crippen MR) is 124 cm³/mol. The molecular weight excluding hydrogens is 424 g/mol. The number of hydrogen-bond acceptors (Lipinski definition) is 4. The first-order valence-corrected chi connectivity index (χ1v) is 12.7. The summed E-state index contributed by atoms with van der Waals surface area (Å²) in [6.07, 6.45) is 3.49. The van der Waals surface area contributed by atoms with E-state index >= 15 is 0 Å². The molecule has 2 amide bonds. The molecule has 7 heteroatoms.